The third kappa shape index (κ3) is 6.03. The summed E-state index contributed by atoms with van der Waals surface area (Å²) in [6.07, 6.45) is 4.54. The molecule has 5 rings (SSSR count). The maximum Gasteiger partial charge on any atom is 0.330 e. The number of pyridine rings is 1. The molecule has 2 aliphatic rings. The normalized spacial score (nSPS) is 17.0. The zero-order valence-electron chi connectivity index (χ0n) is 25.5. The first-order chi connectivity index (χ1) is 20.9. The Kier molecular flexibility index (Phi) is 8.47. The standard InChI is InChI=1S/C31H37N9O4/c1-17(2)25(29(43)39-12-6-7-23(39)26(32)41)36-28(42)20-10-8-18(3)24(13-20)40-16-21-14-34-30(37-27(21)38(5)31(40)44)35-22-11-9-19(4)33-15-22/h8-11,13-15,17,23,25H,6-7,12,16H2,1-5H3,(H2,32,41)(H,36,42)(H,34,35,37)/t23?,25-/m0/s1. The molecule has 4 N–H and O–H groups in total. The highest BCUT2D eigenvalue weighted by atomic mass is 16.2. The molecule has 4 heterocycles. The van der Waals surface area contributed by atoms with Crippen molar-refractivity contribution < 1.29 is 19.2 Å². The summed E-state index contributed by atoms with van der Waals surface area (Å²) in [6.45, 7) is 8.04. The number of fused-ring (bicyclic) bond motifs is 1. The first-order valence-electron chi connectivity index (χ1n) is 14.6. The van der Waals surface area contributed by atoms with Crippen LogP contribution in [-0.4, -0.2) is 69.3 Å². The Labute approximate surface area is 255 Å². The molecule has 3 aromatic rings. The van der Waals surface area contributed by atoms with Gasteiger partial charge in [-0.3, -0.25) is 29.2 Å². The van der Waals surface area contributed by atoms with Crippen molar-refractivity contribution >= 4 is 46.9 Å². The number of nitrogens with two attached hydrogens (primary N) is 1. The molecule has 1 unspecified atom stereocenters. The van der Waals surface area contributed by atoms with Crippen LogP contribution < -0.4 is 26.2 Å². The number of amides is 5. The fourth-order valence-electron chi connectivity index (χ4n) is 5.51. The second-order valence-corrected chi connectivity index (χ2v) is 11.6. The molecule has 13 nitrogen and oxygen atoms in total. The number of hydrogen-bond donors (Lipinski definition) is 3. The predicted molar refractivity (Wildman–Crippen MR) is 165 cm³/mol. The molecule has 0 radical (unpaired) electrons. The number of nitrogens with one attached hydrogen (secondary N) is 2. The van der Waals surface area contributed by atoms with Crippen LogP contribution >= 0.6 is 0 Å². The lowest BCUT2D eigenvalue weighted by Gasteiger charge is -2.35. The highest BCUT2D eigenvalue weighted by molar-refractivity contribution is 6.06. The van der Waals surface area contributed by atoms with Crippen LogP contribution in [-0.2, 0) is 16.1 Å². The first kappa shape index (κ1) is 30.4. The number of primary amides is 1. The first-order valence-corrected chi connectivity index (χ1v) is 14.6. The van der Waals surface area contributed by atoms with Crippen LogP contribution in [0.1, 0.15) is 53.9 Å². The van der Waals surface area contributed by atoms with Gasteiger partial charge in [0.25, 0.3) is 5.91 Å². The van der Waals surface area contributed by atoms with Crippen LogP contribution in [0.4, 0.5) is 27.9 Å². The number of aromatic nitrogens is 3. The van der Waals surface area contributed by atoms with Gasteiger partial charge in [0.05, 0.1) is 18.4 Å². The molecule has 2 aliphatic heterocycles. The number of aryl methyl sites for hydroxylation is 2. The number of anilines is 4. The van der Waals surface area contributed by atoms with Gasteiger partial charge in [-0.05, 0) is 62.4 Å². The van der Waals surface area contributed by atoms with Gasteiger partial charge in [0.1, 0.15) is 17.9 Å². The van der Waals surface area contributed by atoms with E-state index in [2.05, 4.69) is 25.6 Å². The molecule has 2 atom stereocenters. The number of carbonyl (C=O) groups is 4. The summed E-state index contributed by atoms with van der Waals surface area (Å²) >= 11 is 0. The second kappa shape index (κ2) is 12.3. The Morgan fingerprint density at radius 1 is 1.07 bits per heavy atom. The van der Waals surface area contributed by atoms with Gasteiger partial charge in [-0.15, -0.1) is 0 Å². The molecule has 5 amide bonds. The molecular formula is C31H37N9O4. The average Bonchev–Trinajstić information content (AvgIpc) is 3.50. The van der Waals surface area contributed by atoms with Crippen LogP contribution in [0.5, 0.6) is 0 Å². The highest BCUT2D eigenvalue weighted by Crippen LogP contribution is 2.32. The number of rotatable bonds is 8. The summed E-state index contributed by atoms with van der Waals surface area (Å²) in [4.78, 5) is 70.1. The molecule has 230 valence electrons. The molecule has 0 aliphatic carbocycles. The molecule has 1 aromatic carbocycles. The fraction of sp³-hybridized carbons (Fsp3) is 0.387. The SMILES string of the molecule is Cc1ccc(Nc2ncc3c(n2)N(C)C(=O)N(c2cc(C(=O)N[C@H](C(=O)N4CCCC4C(N)=O)C(C)C)ccc2C)C3)cn1. The third-order valence-electron chi connectivity index (χ3n) is 8.02. The lowest BCUT2D eigenvalue weighted by atomic mass is 10.0. The number of carbonyl (C=O) groups excluding carboxylic acids is 4. The molecule has 13 heteroatoms. The lowest BCUT2D eigenvalue weighted by molar-refractivity contribution is -0.139. The molecule has 1 fully saturated rings. The second-order valence-electron chi connectivity index (χ2n) is 11.6. The van der Waals surface area contributed by atoms with Crippen molar-refractivity contribution in [3.63, 3.8) is 0 Å². The predicted octanol–water partition coefficient (Wildman–Crippen LogP) is 3.04. The summed E-state index contributed by atoms with van der Waals surface area (Å²) in [6, 6.07) is 6.97. The van der Waals surface area contributed by atoms with Crippen molar-refractivity contribution in [2.45, 2.75) is 59.2 Å². The minimum atomic E-state index is -0.850. The largest absolute Gasteiger partial charge is 0.368 e. The van der Waals surface area contributed by atoms with Crippen LogP contribution in [0.15, 0.2) is 42.7 Å². The Hall–Kier alpha value is -5.07. The smallest absolute Gasteiger partial charge is 0.330 e. The average molecular weight is 600 g/mol. The topological polar surface area (TPSA) is 167 Å². The fourth-order valence-corrected chi connectivity index (χ4v) is 5.51. The third-order valence-corrected chi connectivity index (χ3v) is 8.02. The number of nitrogens with zero attached hydrogens (tertiary/aromatic N) is 6. The number of urea groups is 1. The van der Waals surface area contributed by atoms with E-state index in [1.807, 2.05) is 39.8 Å². The van der Waals surface area contributed by atoms with E-state index in [1.54, 1.807) is 42.5 Å². The van der Waals surface area contributed by atoms with Gasteiger partial charge in [-0.25, -0.2) is 9.78 Å². The molecule has 44 heavy (non-hydrogen) atoms. The van der Waals surface area contributed by atoms with Gasteiger partial charge < -0.3 is 21.3 Å². The highest BCUT2D eigenvalue weighted by Gasteiger charge is 2.38. The van der Waals surface area contributed by atoms with Gasteiger partial charge in [-0.2, -0.15) is 4.98 Å². The summed E-state index contributed by atoms with van der Waals surface area (Å²) in [5, 5.41) is 5.97. The quantitative estimate of drug-likeness (QED) is 0.355. The van der Waals surface area contributed by atoms with E-state index in [1.165, 1.54) is 9.80 Å². The maximum absolute atomic E-state index is 13.6. The van der Waals surface area contributed by atoms with Gasteiger partial charge in [0, 0.05) is 42.3 Å². The van der Waals surface area contributed by atoms with Crippen molar-refractivity contribution in [3.05, 3.63) is 65.1 Å². The number of hydrogen-bond acceptors (Lipinski definition) is 8. The van der Waals surface area contributed by atoms with E-state index in [4.69, 9.17) is 5.73 Å². The summed E-state index contributed by atoms with van der Waals surface area (Å²) in [5.74, 6) is -0.768. The van der Waals surface area contributed by atoms with Crippen molar-refractivity contribution in [1.29, 1.82) is 0 Å². The Morgan fingerprint density at radius 3 is 2.52 bits per heavy atom. The number of likely N-dealkylation sites (tertiary alicyclic amines) is 1. The van der Waals surface area contributed by atoms with E-state index in [0.717, 1.165) is 22.5 Å². The van der Waals surface area contributed by atoms with Crippen LogP contribution in [0.3, 0.4) is 0 Å². The van der Waals surface area contributed by atoms with Crippen molar-refractivity contribution in [2.24, 2.45) is 11.7 Å². The van der Waals surface area contributed by atoms with Crippen molar-refractivity contribution in [1.82, 2.24) is 25.2 Å². The van der Waals surface area contributed by atoms with E-state index >= 15 is 0 Å². The summed E-state index contributed by atoms with van der Waals surface area (Å²) < 4.78 is 0. The minimum Gasteiger partial charge on any atom is -0.368 e. The van der Waals surface area contributed by atoms with Gasteiger partial charge in [-0.1, -0.05) is 19.9 Å². The van der Waals surface area contributed by atoms with Gasteiger partial charge in [0.15, 0.2) is 0 Å². The van der Waals surface area contributed by atoms with Crippen LogP contribution in [0.2, 0.25) is 0 Å². The molecule has 0 saturated carbocycles. The Balaban J connectivity index is 1.35. The zero-order valence-corrected chi connectivity index (χ0v) is 25.5. The van der Waals surface area contributed by atoms with Crippen molar-refractivity contribution in [2.75, 3.05) is 28.7 Å². The Morgan fingerprint density at radius 2 is 1.84 bits per heavy atom. The zero-order chi connectivity index (χ0) is 31.7. The van der Waals surface area contributed by atoms with E-state index in [0.29, 0.717) is 42.4 Å². The summed E-state index contributed by atoms with van der Waals surface area (Å²) in [7, 11) is 1.64. The minimum absolute atomic E-state index is 0.202. The van der Waals surface area contributed by atoms with E-state index in [9.17, 15) is 19.2 Å². The number of benzene rings is 1. The molecular weight excluding hydrogens is 562 g/mol. The van der Waals surface area contributed by atoms with E-state index < -0.39 is 23.9 Å². The lowest BCUT2D eigenvalue weighted by Crippen LogP contribution is -2.54. The van der Waals surface area contributed by atoms with E-state index in [-0.39, 0.29) is 24.4 Å². The maximum atomic E-state index is 13.6. The molecule has 2 aromatic heterocycles. The van der Waals surface area contributed by atoms with Gasteiger partial charge >= 0.3 is 6.03 Å². The molecule has 0 bridgehead atoms. The van der Waals surface area contributed by atoms with Crippen LogP contribution in [0.25, 0.3) is 0 Å². The molecule has 0 spiro atoms. The molecule has 1 saturated heterocycles. The van der Waals surface area contributed by atoms with Crippen molar-refractivity contribution in [3.8, 4) is 0 Å². The monoisotopic (exact) mass is 599 g/mol. The summed E-state index contributed by atoms with van der Waals surface area (Å²) in [5.41, 5.74) is 9.49. The Bertz CT molecular complexity index is 1610. The van der Waals surface area contributed by atoms with Crippen LogP contribution in [0, 0.1) is 19.8 Å². The van der Waals surface area contributed by atoms with Gasteiger partial charge in [0.2, 0.25) is 17.8 Å².